The molecule has 0 aromatic rings. The van der Waals surface area contributed by atoms with Gasteiger partial charge in [-0.15, -0.1) is 0 Å². The van der Waals surface area contributed by atoms with Crippen LogP contribution in [0.1, 0.15) is 52.4 Å². The Balaban J connectivity index is 1.75. The predicted molar refractivity (Wildman–Crippen MR) is 97.5 cm³/mol. The topological polar surface area (TPSA) is 60.4 Å². The summed E-state index contributed by atoms with van der Waals surface area (Å²) in [6.45, 7) is 4.04. The Labute approximate surface area is 159 Å². The molecule has 4 nitrogen and oxygen atoms in total. The van der Waals surface area contributed by atoms with Crippen LogP contribution < -0.4 is 0 Å². The SMILES string of the molecule is COC(=O)/C=C1\CC[C@@H]2[C@H]3C[C@@H](F)C4=CC(=O)CC[C@]4(C)[C@@H]3C(=O)C[C@@]12C. The normalized spacial score (nSPS) is 45.0. The van der Waals surface area contributed by atoms with E-state index in [1.165, 1.54) is 19.3 Å². The minimum atomic E-state index is -1.16. The van der Waals surface area contributed by atoms with Crippen LogP contribution >= 0.6 is 0 Å². The molecule has 0 N–H and O–H groups in total. The molecule has 6 atom stereocenters. The van der Waals surface area contributed by atoms with E-state index >= 15 is 4.39 Å². The van der Waals surface area contributed by atoms with Gasteiger partial charge in [-0.1, -0.05) is 19.4 Å². The van der Waals surface area contributed by atoms with Gasteiger partial charge in [0, 0.05) is 30.3 Å². The zero-order valence-corrected chi connectivity index (χ0v) is 16.2. The van der Waals surface area contributed by atoms with Crippen molar-refractivity contribution in [2.75, 3.05) is 7.11 Å². The largest absolute Gasteiger partial charge is 0.466 e. The maximum absolute atomic E-state index is 15.2. The third kappa shape index (κ3) is 2.57. The molecule has 0 aromatic carbocycles. The van der Waals surface area contributed by atoms with Crippen molar-refractivity contribution in [3.8, 4) is 0 Å². The number of esters is 1. The Morgan fingerprint density at radius 3 is 2.70 bits per heavy atom. The third-order valence-corrected chi connectivity index (χ3v) is 7.97. The first-order valence-electron chi connectivity index (χ1n) is 9.91. The third-order valence-electron chi connectivity index (χ3n) is 7.97. The number of ether oxygens (including phenoxy) is 1. The first-order chi connectivity index (χ1) is 12.7. The lowest BCUT2D eigenvalue weighted by atomic mass is 9.46. The molecule has 4 rings (SSSR count). The second-order valence-corrected chi connectivity index (χ2v) is 9.23. The molecule has 0 amide bonds. The molecular weight excluding hydrogens is 347 g/mol. The molecule has 0 aromatic heterocycles. The quantitative estimate of drug-likeness (QED) is 0.518. The van der Waals surface area contributed by atoms with Gasteiger partial charge in [0.05, 0.1) is 7.11 Å². The standard InChI is InChI=1S/C22H27FO4/c1-21-7-6-13(24)9-16(21)17(23)10-14-15-5-4-12(8-19(26)27-3)22(15,2)11-18(25)20(14)21/h8-9,14-15,17,20H,4-7,10-11H2,1-3H3/b12-8+/t14-,15-,17-,20+,21+,22+/m1/s1. The number of alkyl halides is 1. The summed E-state index contributed by atoms with van der Waals surface area (Å²) < 4.78 is 19.9. The van der Waals surface area contributed by atoms with Crippen molar-refractivity contribution in [3.05, 3.63) is 23.3 Å². The van der Waals surface area contributed by atoms with Crippen LogP contribution in [-0.2, 0) is 19.1 Å². The van der Waals surface area contributed by atoms with Gasteiger partial charge in [0.15, 0.2) is 5.78 Å². The fourth-order valence-corrected chi connectivity index (χ4v) is 6.68. The van der Waals surface area contributed by atoms with Gasteiger partial charge in [-0.2, -0.15) is 0 Å². The van der Waals surface area contributed by atoms with Crippen molar-refractivity contribution < 1.29 is 23.5 Å². The van der Waals surface area contributed by atoms with E-state index in [2.05, 4.69) is 6.92 Å². The number of allylic oxidation sites excluding steroid dienone is 2. The lowest BCUT2D eigenvalue weighted by Crippen LogP contribution is -2.56. The van der Waals surface area contributed by atoms with Crippen LogP contribution in [-0.4, -0.2) is 30.8 Å². The summed E-state index contributed by atoms with van der Waals surface area (Å²) in [7, 11) is 1.35. The molecular formula is C22H27FO4. The summed E-state index contributed by atoms with van der Waals surface area (Å²) in [5.74, 6) is -0.335. The Hall–Kier alpha value is -1.78. The molecule has 146 valence electrons. The second kappa shape index (κ2) is 6.11. The first-order valence-corrected chi connectivity index (χ1v) is 9.91. The minimum absolute atomic E-state index is 0.0270. The van der Waals surface area contributed by atoms with Crippen molar-refractivity contribution in [1.29, 1.82) is 0 Å². The van der Waals surface area contributed by atoms with Gasteiger partial charge >= 0.3 is 5.97 Å². The van der Waals surface area contributed by atoms with Crippen LogP contribution in [0.2, 0.25) is 0 Å². The van der Waals surface area contributed by atoms with Crippen molar-refractivity contribution in [3.63, 3.8) is 0 Å². The van der Waals surface area contributed by atoms with E-state index in [1.807, 2.05) is 6.92 Å². The zero-order valence-electron chi connectivity index (χ0n) is 16.2. The predicted octanol–water partition coefficient (Wildman–Crippen LogP) is 3.74. The number of methoxy groups -OCH3 is 1. The van der Waals surface area contributed by atoms with E-state index in [4.69, 9.17) is 4.74 Å². The van der Waals surface area contributed by atoms with Crippen LogP contribution in [0.5, 0.6) is 0 Å². The number of ketones is 2. The van der Waals surface area contributed by atoms with Crippen molar-refractivity contribution in [1.82, 2.24) is 0 Å². The van der Waals surface area contributed by atoms with Crippen molar-refractivity contribution in [2.45, 2.75) is 58.5 Å². The number of hydrogen-bond donors (Lipinski definition) is 0. The smallest absolute Gasteiger partial charge is 0.330 e. The summed E-state index contributed by atoms with van der Waals surface area (Å²) in [5, 5.41) is 0. The average Bonchev–Trinajstić information content (AvgIpc) is 2.92. The summed E-state index contributed by atoms with van der Waals surface area (Å²) in [6, 6.07) is 0. The van der Waals surface area contributed by atoms with E-state index in [0.29, 0.717) is 31.3 Å². The van der Waals surface area contributed by atoms with Crippen LogP contribution in [0.3, 0.4) is 0 Å². The zero-order chi connectivity index (χ0) is 19.6. The fourth-order valence-electron chi connectivity index (χ4n) is 6.68. The summed E-state index contributed by atoms with van der Waals surface area (Å²) in [6.07, 6.45) is 5.10. The van der Waals surface area contributed by atoms with Gasteiger partial charge < -0.3 is 4.74 Å². The summed E-state index contributed by atoms with van der Waals surface area (Å²) in [4.78, 5) is 37.0. The van der Waals surface area contributed by atoms with Crippen molar-refractivity contribution in [2.24, 2.45) is 28.6 Å². The number of halogens is 1. The van der Waals surface area contributed by atoms with Crippen LogP contribution in [0.25, 0.3) is 0 Å². The van der Waals surface area contributed by atoms with Crippen LogP contribution in [0.15, 0.2) is 23.3 Å². The molecule has 0 heterocycles. The van der Waals surface area contributed by atoms with E-state index in [9.17, 15) is 14.4 Å². The molecule has 0 saturated heterocycles. The first kappa shape index (κ1) is 18.6. The molecule has 0 bridgehead atoms. The van der Waals surface area contributed by atoms with E-state index in [-0.39, 0.29) is 29.3 Å². The molecule has 4 aliphatic rings. The number of hydrogen-bond acceptors (Lipinski definition) is 4. The van der Waals surface area contributed by atoms with Gasteiger partial charge in [-0.3, -0.25) is 9.59 Å². The van der Waals surface area contributed by atoms with Crippen LogP contribution in [0, 0.1) is 28.6 Å². The Morgan fingerprint density at radius 1 is 1.26 bits per heavy atom. The molecule has 0 unspecified atom stereocenters. The molecule has 5 heteroatoms. The number of rotatable bonds is 1. The highest BCUT2D eigenvalue weighted by Crippen LogP contribution is 2.65. The maximum atomic E-state index is 15.2. The highest BCUT2D eigenvalue weighted by molar-refractivity contribution is 5.93. The fraction of sp³-hybridized carbons (Fsp3) is 0.682. The van der Waals surface area contributed by atoms with Gasteiger partial charge in [0.25, 0.3) is 0 Å². The van der Waals surface area contributed by atoms with E-state index < -0.39 is 23.0 Å². The second-order valence-electron chi connectivity index (χ2n) is 9.23. The average molecular weight is 374 g/mol. The molecule has 27 heavy (non-hydrogen) atoms. The Morgan fingerprint density at radius 2 is 2.00 bits per heavy atom. The van der Waals surface area contributed by atoms with E-state index in [0.717, 1.165) is 18.4 Å². The van der Waals surface area contributed by atoms with Crippen molar-refractivity contribution >= 4 is 17.5 Å². The van der Waals surface area contributed by atoms with Gasteiger partial charge in [0.2, 0.25) is 0 Å². The monoisotopic (exact) mass is 374 g/mol. The number of Topliss-reactive ketones (excluding diaryl/α,β-unsaturated/α-hetero) is 1. The lowest BCUT2D eigenvalue weighted by Gasteiger charge is -2.57. The summed E-state index contributed by atoms with van der Waals surface area (Å²) >= 11 is 0. The number of fused-ring (bicyclic) bond motifs is 5. The molecule has 0 aliphatic heterocycles. The van der Waals surface area contributed by atoms with E-state index in [1.54, 1.807) is 0 Å². The highest BCUT2D eigenvalue weighted by atomic mass is 19.1. The lowest BCUT2D eigenvalue weighted by molar-refractivity contribution is -0.145. The molecule has 3 fully saturated rings. The highest BCUT2D eigenvalue weighted by Gasteiger charge is 2.62. The van der Waals surface area contributed by atoms with Crippen LogP contribution in [0.4, 0.5) is 4.39 Å². The van der Waals surface area contributed by atoms with Gasteiger partial charge in [-0.05, 0) is 54.6 Å². The molecule has 0 radical (unpaired) electrons. The minimum Gasteiger partial charge on any atom is -0.466 e. The number of carbonyl (C=O) groups is 3. The molecule has 3 saturated carbocycles. The van der Waals surface area contributed by atoms with Gasteiger partial charge in [0.1, 0.15) is 12.0 Å². The Kier molecular flexibility index (Phi) is 4.21. The maximum Gasteiger partial charge on any atom is 0.330 e. The number of carbonyl (C=O) groups excluding carboxylic acids is 3. The molecule has 0 spiro atoms. The summed E-state index contributed by atoms with van der Waals surface area (Å²) in [5.41, 5.74) is 0.560. The van der Waals surface area contributed by atoms with Gasteiger partial charge in [-0.25, -0.2) is 9.18 Å². The Bertz CT molecular complexity index is 781. The molecule has 4 aliphatic carbocycles.